The average Bonchev–Trinajstić information content (AvgIpc) is 2.26. The van der Waals surface area contributed by atoms with E-state index in [9.17, 15) is 19.3 Å². The van der Waals surface area contributed by atoms with E-state index in [0.29, 0.717) is 6.07 Å². The van der Waals surface area contributed by atoms with E-state index in [-0.39, 0.29) is 11.4 Å². The number of nitro groups is 1. The van der Waals surface area contributed by atoms with Gasteiger partial charge in [0.15, 0.2) is 11.6 Å². The van der Waals surface area contributed by atoms with E-state index >= 15 is 0 Å². The fraction of sp³-hybridized carbons (Fsp3) is 0.222. The topological polar surface area (TPSA) is 102 Å². The average molecular weight is 244 g/mol. The maximum Gasteiger partial charge on any atom is 0.322 e. The molecule has 0 heterocycles. The van der Waals surface area contributed by atoms with Crippen LogP contribution in [0.2, 0.25) is 0 Å². The van der Waals surface area contributed by atoms with Gasteiger partial charge in [-0.1, -0.05) is 0 Å². The van der Waals surface area contributed by atoms with Gasteiger partial charge in [-0.2, -0.15) is 0 Å². The molecule has 0 fully saturated rings. The molecule has 0 radical (unpaired) electrons. The van der Waals surface area contributed by atoms with Crippen LogP contribution in [0.3, 0.4) is 0 Å². The van der Waals surface area contributed by atoms with Gasteiger partial charge in [0.05, 0.1) is 23.8 Å². The lowest BCUT2D eigenvalue weighted by Crippen LogP contribution is -2.13. The van der Waals surface area contributed by atoms with Crippen LogP contribution < -0.4 is 10.1 Å². The molecule has 0 spiro atoms. The Balaban J connectivity index is 3.08. The first kappa shape index (κ1) is 12.7. The third-order valence-corrected chi connectivity index (χ3v) is 1.90. The molecule has 0 aromatic heterocycles. The third kappa shape index (κ3) is 3.03. The number of aliphatic carboxylic acids is 1. The molecule has 0 saturated heterocycles. The highest BCUT2D eigenvalue weighted by Crippen LogP contribution is 2.32. The first-order chi connectivity index (χ1) is 7.95. The number of methoxy groups -OCH3 is 1. The third-order valence-electron chi connectivity index (χ3n) is 1.90. The van der Waals surface area contributed by atoms with Gasteiger partial charge in [-0.05, 0) is 0 Å². The summed E-state index contributed by atoms with van der Waals surface area (Å²) in [6.07, 6.45) is 0. The van der Waals surface area contributed by atoms with E-state index in [1.165, 1.54) is 7.11 Å². The van der Waals surface area contributed by atoms with Gasteiger partial charge in [-0.3, -0.25) is 14.9 Å². The zero-order chi connectivity index (χ0) is 13.0. The quantitative estimate of drug-likeness (QED) is 0.596. The SMILES string of the molecule is COc1cc(NCC(=O)O)c(F)cc1[N+](=O)[O-]. The fourth-order valence-electron chi connectivity index (χ4n) is 1.16. The summed E-state index contributed by atoms with van der Waals surface area (Å²) in [4.78, 5) is 20.1. The smallest absolute Gasteiger partial charge is 0.322 e. The number of hydrogen-bond donors (Lipinski definition) is 2. The lowest BCUT2D eigenvalue weighted by molar-refractivity contribution is -0.385. The molecular weight excluding hydrogens is 235 g/mol. The number of rotatable bonds is 5. The predicted molar refractivity (Wildman–Crippen MR) is 55.7 cm³/mol. The molecule has 2 N–H and O–H groups in total. The summed E-state index contributed by atoms with van der Waals surface area (Å²) in [5, 5.41) is 21.2. The van der Waals surface area contributed by atoms with E-state index in [4.69, 9.17) is 9.84 Å². The number of nitro benzene ring substituents is 1. The maximum atomic E-state index is 13.4. The second kappa shape index (κ2) is 5.10. The molecular formula is C9H9FN2O5. The Morgan fingerprint density at radius 3 is 2.76 bits per heavy atom. The van der Waals surface area contributed by atoms with E-state index in [1.807, 2.05) is 0 Å². The number of carboxylic acids is 1. The summed E-state index contributed by atoms with van der Waals surface area (Å²) < 4.78 is 18.1. The van der Waals surface area contributed by atoms with E-state index in [2.05, 4.69) is 5.32 Å². The van der Waals surface area contributed by atoms with Crippen LogP contribution in [-0.2, 0) is 4.79 Å². The fourth-order valence-corrected chi connectivity index (χ4v) is 1.16. The van der Waals surface area contributed by atoms with Crippen molar-refractivity contribution in [1.29, 1.82) is 0 Å². The van der Waals surface area contributed by atoms with Crippen molar-refractivity contribution in [3.8, 4) is 5.75 Å². The molecule has 92 valence electrons. The van der Waals surface area contributed by atoms with Gasteiger partial charge in [-0.15, -0.1) is 0 Å². The number of hydrogen-bond acceptors (Lipinski definition) is 5. The minimum absolute atomic E-state index is 0.149. The van der Waals surface area contributed by atoms with Crippen molar-refractivity contribution < 1.29 is 24.0 Å². The molecule has 0 unspecified atom stereocenters. The highest BCUT2D eigenvalue weighted by atomic mass is 19.1. The van der Waals surface area contributed by atoms with E-state index in [0.717, 1.165) is 6.07 Å². The van der Waals surface area contributed by atoms with Crippen molar-refractivity contribution in [1.82, 2.24) is 0 Å². The van der Waals surface area contributed by atoms with Gasteiger partial charge >= 0.3 is 11.7 Å². The van der Waals surface area contributed by atoms with Gasteiger partial charge in [0, 0.05) is 6.07 Å². The molecule has 0 atom stereocenters. The van der Waals surface area contributed by atoms with Crippen LogP contribution in [0.1, 0.15) is 0 Å². The van der Waals surface area contributed by atoms with Crippen LogP contribution in [0.15, 0.2) is 12.1 Å². The van der Waals surface area contributed by atoms with Crippen LogP contribution in [0.4, 0.5) is 15.8 Å². The summed E-state index contributed by atoms with van der Waals surface area (Å²) >= 11 is 0. The molecule has 1 aromatic rings. The minimum atomic E-state index is -1.18. The van der Waals surface area contributed by atoms with Crippen LogP contribution >= 0.6 is 0 Å². The van der Waals surface area contributed by atoms with Crippen LogP contribution in [0.5, 0.6) is 5.75 Å². The Bertz CT molecular complexity index is 463. The monoisotopic (exact) mass is 244 g/mol. The Morgan fingerprint density at radius 1 is 1.65 bits per heavy atom. The Kier molecular flexibility index (Phi) is 3.81. The first-order valence-electron chi connectivity index (χ1n) is 4.43. The molecule has 7 nitrogen and oxygen atoms in total. The van der Waals surface area contributed by atoms with Gasteiger partial charge in [0.1, 0.15) is 6.54 Å². The summed E-state index contributed by atoms with van der Waals surface area (Å²) in [5.74, 6) is -2.25. The summed E-state index contributed by atoms with van der Waals surface area (Å²) in [6, 6.07) is 1.71. The molecule has 0 bridgehead atoms. The van der Waals surface area contributed by atoms with Crippen molar-refractivity contribution in [2.45, 2.75) is 0 Å². The maximum absolute atomic E-state index is 13.4. The number of nitrogens with zero attached hydrogens (tertiary/aromatic N) is 1. The largest absolute Gasteiger partial charge is 0.490 e. The number of halogens is 1. The highest BCUT2D eigenvalue weighted by Gasteiger charge is 2.19. The molecule has 1 rings (SSSR count). The molecule has 1 aromatic carbocycles. The first-order valence-corrected chi connectivity index (χ1v) is 4.43. The Morgan fingerprint density at radius 2 is 2.29 bits per heavy atom. The van der Waals surface area contributed by atoms with Crippen LogP contribution in [-0.4, -0.2) is 29.7 Å². The zero-order valence-electron chi connectivity index (χ0n) is 8.77. The lowest BCUT2D eigenvalue weighted by Gasteiger charge is -2.07. The van der Waals surface area contributed by atoms with Crippen molar-refractivity contribution in [3.63, 3.8) is 0 Å². The minimum Gasteiger partial charge on any atom is -0.490 e. The van der Waals surface area contributed by atoms with Gasteiger partial charge in [-0.25, -0.2) is 4.39 Å². The second-order valence-corrected chi connectivity index (χ2v) is 3.01. The molecule has 0 aliphatic heterocycles. The molecule has 0 amide bonds. The molecule has 0 aliphatic rings. The summed E-state index contributed by atoms with van der Waals surface area (Å²) in [5.41, 5.74) is -0.694. The van der Waals surface area contributed by atoms with Crippen molar-refractivity contribution >= 4 is 17.3 Å². The summed E-state index contributed by atoms with van der Waals surface area (Å²) in [7, 11) is 1.20. The number of ether oxygens (including phenoxy) is 1. The lowest BCUT2D eigenvalue weighted by atomic mass is 10.2. The van der Waals surface area contributed by atoms with Gasteiger partial charge in [0.2, 0.25) is 0 Å². The molecule has 8 heteroatoms. The predicted octanol–water partition coefficient (Wildman–Crippen LogP) is 1.24. The molecule has 17 heavy (non-hydrogen) atoms. The van der Waals surface area contributed by atoms with Crippen LogP contribution in [0.25, 0.3) is 0 Å². The van der Waals surface area contributed by atoms with E-state index in [1.54, 1.807) is 0 Å². The van der Waals surface area contributed by atoms with Crippen molar-refractivity contribution in [2.24, 2.45) is 0 Å². The zero-order valence-corrected chi connectivity index (χ0v) is 8.77. The number of anilines is 1. The second-order valence-electron chi connectivity index (χ2n) is 3.01. The number of carbonyl (C=O) groups is 1. The Labute approximate surface area is 95.0 Å². The van der Waals surface area contributed by atoms with Gasteiger partial charge < -0.3 is 15.2 Å². The number of carboxylic acid groups (broad SMARTS) is 1. The standard InChI is InChI=1S/C9H9FN2O5/c1-17-8-3-6(11-4-9(13)14)5(10)2-7(8)12(15)16/h2-3,11H,4H2,1H3,(H,13,14). The number of nitrogens with one attached hydrogen (secondary N) is 1. The van der Waals surface area contributed by atoms with Crippen LogP contribution in [0, 0.1) is 15.9 Å². The van der Waals surface area contributed by atoms with Crippen molar-refractivity contribution in [2.75, 3.05) is 19.0 Å². The Hall–Kier alpha value is -2.38. The van der Waals surface area contributed by atoms with E-state index < -0.39 is 28.9 Å². The number of benzene rings is 1. The summed E-state index contributed by atoms with van der Waals surface area (Å²) in [6.45, 7) is -0.502. The van der Waals surface area contributed by atoms with Crippen molar-refractivity contribution in [3.05, 3.63) is 28.1 Å². The normalized spacial score (nSPS) is 9.76. The molecule has 0 saturated carbocycles. The molecule has 0 aliphatic carbocycles. The highest BCUT2D eigenvalue weighted by molar-refractivity contribution is 5.73. The van der Waals surface area contributed by atoms with Gasteiger partial charge in [0.25, 0.3) is 0 Å².